The summed E-state index contributed by atoms with van der Waals surface area (Å²) in [4.78, 5) is 0. The number of benzene rings is 1. The minimum Gasteiger partial charge on any atom is -0.465 e. The van der Waals surface area contributed by atoms with Crippen molar-refractivity contribution in [1.29, 1.82) is 0 Å². The lowest BCUT2D eigenvalue weighted by Crippen LogP contribution is -2.24. The second kappa shape index (κ2) is 6.95. The number of aryl methyl sites for hydroxylation is 1. The lowest BCUT2D eigenvalue weighted by molar-refractivity contribution is -0.105. The van der Waals surface area contributed by atoms with E-state index in [0.29, 0.717) is 0 Å². The van der Waals surface area contributed by atoms with E-state index in [4.69, 9.17) is 9.47 Å². The highest BCUT2D eigenvalue weighted by atomic mass is 79.9. The third-order valence-corrected chi connectivity index (χ3v) is 3.41. The predicted molar refractivity (Wildman–Crippen MR) is 77.0 cm³/mol. The molecule has 0 aromatic heterocycles. The van der Waals surface area contributed by atoms with Crippen LogP contribution in [0.5, 0.6) is 5.75 Å². The van der Waals surface area contributed by atoms with Crippen molar-refractivity contribution in [3.05, 3.63) is 40.9 Å². The molecule has 98 valence electrons. The molecule has 1 atom stereocenters. The van der Waals surface area contributed by atoms with Crippen LogP contribution in [0, 0.1) is 0 Å². The summed E-state index contributed by atoms with van der Waals surface area (Å²) in [6.45, 7) is 4.66. The first-order chi connectivity index (χ1) is 8.74. The molecule has 1 heterocycles. The Kier molecular flexibility index (Phi) is 5.26. The molecule has 18 heavy (non-hydrogen) atoms. The Bertz CT molecular complexity index is 380. The van der Waals surface area contributed by atoms with Crippen LogP contribution in [0.1, 0.15) is 31.2 Å². The first kappa shape index (κ1) is 13.6. The lowest BCUT2D eigenvalue weighted by atomic mass is 10.1. The molecule has 2 nitrogen and oxygen atoms in total. The maximum absolute atomic E-state index is 5.79. The normalized spacial score (nSPS) is 19.5. The third-order valence-electron chi connectivity index (χ3n) is 3.01. The highest BCUT2D eigenvalue weighted by molar-refractivity contribution is 9.11. The molecule has 2 rings (SSSR count). The fourth-order valence-corrected chi connectivity index (χ4v) is 2.17. The van der Waals surface area contributed by atoms with Gasteiger partial charge in [-0.1, -0.05) is 34.6 Å². The van der Waals surface area contributed by atoms with Crippen molar-refractivity contribution in [2.75, 3.05) is 6.61 Å². The predicted octanol–water partition coefficient (Wildman–Crippen LogP) is 4.43. The van der Waals surface area contributed by atoms with Gasteiger partial charge in [0, 0.05) is 6.42 Å². The minimum atomic E-state index is -0.0630. The quantitative estimate of drug-likeness (QED) is 0.801. The van der Waals surface area contributed by atoms with Crippen molar-refractivity contribution in [2.45, 2.75) is 38.4 Å². The summed E-state index contributed by atoms with van der Waals surface area (Å²) in [6.07, 6.45) is 5.24. The van der Waals surface area contributed by atoms with Crippen LogP contribution in [0.3, 0.4) is 0 Å². The Morgan fingerprint density at radius 1 is 1.33 bits per heavy atom. The van der Waals surface area contributed by atoms with E-state index < -0.39 is 0 Å². The van der Waals surface area contributed by atoms with Gasteiger partial charge in [-0.2, -0.15) is 0 Å². The molecule has 1 aromatic carbocycles. The maximum atomic E-state index is 5.79. The minimum absolute atomic E-state index is 0.0630. The van der Waals surface area contributed by atoms with Gasteiger partial charge in [-0.25, -0.2) is 0 Å². The Morgan fingerprint density at radius 3 is 2.72 bits per heavy atom. The molecule has 0 saturated carbocycles. The number of halogens is 1. The number of rotatable bonds is 5. The number of ether oxygens (including phenoxy) is 2. The van der Waals surface area contributed by atoms with Crippen LogP contribution in [0.4, 0.5) is 0 Å². The van der Waals surface area contributed by atoms with Crippen molar-refractivity contribution in [3.63, 3.8) is 0 Å². The fourth-order valence-electron chi connectivity index (χ4n) is 1.97. The molecular weight excluding hydrogens is 292 g/mol. The van der Waals surface area contributed by atoms with E-state index in [-0.39, 0.29) is 6.29 Å². The summed E-state index contributed by atoms with van der Waals surface area (Å²) < 4.78 is 12.4. The van der Waals surface area contributed by atoms with Crippen LogP contribution in [-0.4, -0.2) is 12.9 Å². The van der Waals surface area contributed by atoms with Crippen LogP contribution >= 0.6 is 15.9 Å². The first-order valence-corrected chi connectivity index (χ1v) is 7.24. The summed E-state index contributed by atoms with van der Waals surface area (Å²) in [5.41, 5.74) is 1.30. The van der Waals surface area contributed by atoms with E-state index >= 15 is 0 Å². The molecule has 0 radical (unpaired) electrons. The topological polar surface area (TPSA) is 18.5 Å². The second-order valence-corrected chi connectivity index (χ2v) is 5.70. The van der Waals surface area contributed by atoms with Crippen LogP contribution in [0.25, 0.3) is 0 Å². The van der Waals surface area contributed by atoms with Crippen molar-refractivity contribution in [2.24, 2.45) is 0 Å². The van der Waals surface area contributed by atoms with Crippen molar-refractivity contribution in [1.82, 2.24) is 0 Å². The van der Waals surface area contributed by atoms with Gasteiger partial charge in [-0.15, -0.1) is 0 Å². The molecule has 3 heteroatoms. The SMILES string of the molecule is C=C(Br)CCc1ccc(O[C@@H]2CCCCO2)cc1. The molecule has 0 aliphatic carbocycles. The number of hydrogen-bond donors (Lipinski definition) is 0. The van der Waals surface area contributed by atoms with Crippen LogP contribution in [0.15, 0.2) is 35.3 Å². The molecule has 0 spiro atoms. The van der Waals surface area contributed by atoms with Gasteiger partial charge < -0.3 is 9.47 Å². The van der Waals surface area contributed by atoms with Gasteiger partial charge in [0.15, 0.2) is 6.29 Å². The van der Waals surface area contributed by atoms with Gasteiger partial charge in [0.2, 0.25) is 0 Å². The van der Waals surface area contributed by atoms with E-state index in [2.05, 4.69) is 34.6 Å². The van der Waals surface area contributed by atoms with E-state index in [1.54, 1.807) is 0 Å². The largest absolute Gasteiger partial charge is 0.465 e. The first-order valence-electron chi connectivity index (χ1n) is 6.44. The van der Waals surface area contributed by atoms with Gasteiger partial charge in [0.05, 0.1) is 6.61 Å². The second-order valence-electron chi connectivity index (χ2n) is 4.58. The fraction of sp³-hybridized carbons (Fsp3) is 0.467. The van der Waals surface area contributed by atoms with Gasteiger partial charge in [0.1, 0.15) is 5.75 Å². The molecule has 0 N–H and O–H groups in total. The Morgan fingerprint density at radius 2 is 2.11 bits per heavy atom. The lowest BCUT2D eigenvalue weighted by Gasteiger charge is -2.23. The maximum Gasteiger partial charge on any atom is 0.199 e. The summed E-state index contributed by atoms with van der Waals surface area (Å²) in [7, 11) is 0. The summed E-state index contributed by atoms with van der Waals surface area (Å²) in [5, 5.41) is 0. The van der Waals surface area contributed by atoms with Gasteiger partial charge in [0.25, 0.3) is 0 Å². The standard InChI is InChI=1S/C15H19BrO2/c1-12(16)5-6-13-7-9-14(10-8-13)18-15-4-2-3-11-17-15/h7-10,15H,1-6,11H2/t15-/m1/s1. The summed E-state index contributed by atoms with van der Waals surface area (Å²) in [5.74, 6) is 0.892. The van der Waals surface area contributed by atoms with Crippen LogP contribution in [0.2, 0.25) is 0 Å². The monoisotopic (exact) mass is 310 g/mol. The van der Waals surface area contributed by atoms with Gasteiger partial charge in [-0.3, -0.25) is 0 Å². The molecule has 0 amide bonds. The molecular formula is C15H19BrO2. The van der Waals surface area contributed by atoms with E-state index in [1.807, 2.05) is 12.1 Å². The van der Waals surface area contributed by atoms with Crippen molar-refractivity contribution in [3.8, 4) is 5.75 Å². The zero-order valence-electron chi connectivity index (χ0n) is 10.5. The highest BCUT2D eigenvalue weighted by Gasteiger charge is 2.14. The Balaban J connectivity index is 1.84. The van der Waals surface area contributed by atoms with Crippen LogP contribution < -0.4 is 4.74 Å². The molecule has 1 aliphatic heterocycles. The smallest absolute Gasteiger partial charge is 0.199 e. The summed E-state index contributed by atoms with van der Waals surface area (Å²) in [6, 6.07) is 8.25. The van der Waals surface area contributed by atoms with E-state index in [9.17, 15) is 0 Å². The third kappa shape index (κ3) is 4.46. The molecule has 1 fully saturated rings. The highest BCUT2D eigenvalue weighted by Crippen LogP contribution is 2.20. The molecule has 0 bridgehead atoms. The Labute approximate surface area is 117 Å². The number of hydrogen-bond acceptors (Lipinski definition) is 2. The van der Waals surface area contributed by atoms with E-state index in [0.717, 1.165) is 42.5 Å². The van der Waals surface area contributed by atoms with Crippen molar-refractivity contribution >= 4 is 15.9 Å². The Hall–Kier alpha value is -0.800. The summed E-state index contributed by atoms with van der Waals surface area (Å²) >= 11 is 3.38. The molecule has 0 unspecified atom stereocenters. The van der Waals surface area contributed by atoms with Gasteiger partial charge in [-0.05, 0) is 47.9 Å². The van der Waals surface area contributed by atoms with Gasteiger partial charge >= 0.3 is 0 Å². The molecule has 1 saturated heterocycles. The van der Waals surface area contributed by atoms with Crippen molar-refractivity contribution < 1.29 is 9.47 Å². The average molecular weight is 311 g/mol. The zero-order chi connectivity index (χ0) is 12.8. The number of allylic oxidation sites excluding steroid dienone is 1. The average Bonchev–Trinajstić information content (AvgIpc) is 2.39. The zero-order valence-corrected chi connectivity index (χ0v) is 12.1. The molecule has 1 aliphatic rings. The van der Waals surface area contributed by atoms with Crippen LogP contribution in [-0.2, 0) is 11.2 Å². The molecule has 1 aromatic rings. The van der Waals surface area contributed by atoms with E-state index in [1.165, 1.54) is 12.0 Å².